The summed E-state index contributed by atoms with van der Waals surface area (Å²) in [6.45, 7) is 5.66. The van der Waals surface area contributed by atoms with Gasteiger partial charge in [0.2, 0.25) is 0 Å². The topological polar surface area (TPSA) is 130 Å². The molecule has 1 heterocycles. The number of carbonyl (C=O) groups excluding carboxylic acids is 4. The molecule has 3 aromatic rings. The number of hydrogen-bond acceptors (Lipinski definition) is 9. The number of hydrogen-bond donors (Lipinski definition) is 1. The van der Waals surface area contributed by atoms with Gasteiger partial charge in [0.15, 0.2) is 11.6 Å². The molecule has 1 N–H and O–H groups in total. The van der Waals surface area contributed by atoms with Crippen molar-refractivity contribution in [2.75, 3.05) is 27.3 Å². The molecule has 12 heteroatoms. The zero-order chi connectivity index (χ0) is 36.0. The fraction of sp³-hybridized carbons (Fsp3) is 0.474. The third kappa shape index (κ3) is 8.83. The summed E-state index contributed by atoms with van der Waals surface area (Å²) >= 11 is 0. The van der Waals surface area contributed by atoms with Crippen LogP contribution in [-0.2, 0) is 30.4 Å². The van der Waals surface area contributed by atoms with Crippen LogP contribution in [0.1, 0.15) is 68.8 Å². The van der Waals surface area contributed by atoms with Gasteiger partial charge in [0.25, 0.3) is 5.91 Å². The van der Waals surface area contributed by atoms with Crippen LogP contribution in [0.15, 0.2) is 54.6 Å². The maximum atomic E-state index is 15.2. The lowest BCUT2D eigenvalue weighted by Gasteiger charge is -2.38. The molecule has 2 fully saturated rings. The number of carbonyl (C=O) groups is 4. The van der Waals surface area contributed by atoms with Gasteiger partial charge in [0, 0.05) is 25.2 Å². The molecular formula is C38H45FN2O9. The predicted octanol–water partition coefficient (Wildman–Crippen LogP) is 6.20. The molecule has 1 saturated heterocycles. The lowest BCUT2D eigenvalue weighted by Crippen LogP contribution is -2.55. The molecule has 0 aromatic heterocycles. The van der Waals surface area contributed by atoms with Crippen molar-refractivity contribution in [3.63, 3.8) is 0 Å². The number of nitrogens with zero attached hydrogens (tertiary/aromatic N) is 1. The van der Waals surface area contributed by atoms with Crippen LogP contribution in [0.5, 0.6) is 11.5 Å². The van der Waals surface area contributed by atoms with Crippen molar-refractivity contribution < 1.29 is 47.3 Å². The first-order valence-electron chi connectivity index (χ1n) is 16.9. The van der Waals surface area contributed by atoms with Crippen molar-refractivity contribution in [2.45, 2.75) is 77.2 Å². The Labute approximate surface area is 291 Å². The van der Waals surface area contributed by atoms with Gasteiger partial charge in [-0.25, -0.2) is 9.18 Å². The van der Waals surface area contributed by atoms with E-state index in [4.69, 9.17) is 23.7 Å². The summed E-state index contributed by atoms with van der Waals surface area (Å²) in [5.74, 6) is -3.45. The van der Waals surface area contributed by atoms with E-state index in [2.05, 4.69) is 5.32 Å². The number of piperidine rings is 1. The minimum Gasteiger partial charge on any atom is -0.496 e. The highest BCUT2D eigenvalue weighted by molar-refractivity contribution is 5.98. The molecule has 268 valence electrons. The van der Waals surface area contributed by atoms with Crippen molar-refractivity contribution in [3.8, 4) is 11.5 Å². The number of nitrogens with one attached hydrogen (secondary N) is 1. The zero-order valence-corrected chi connectivity index (χ0v) is 29.2. The first-order chi connectivity index (χ1) is 23.9. The Bertz CT molecular complexity index is 1710. The van der Waals surface area contributed by atoms with Crippen LogP contribution < -0.4 is 14.8 Å². The van der Waals surface area contributed by atoms with E-state index < -0.39 is 41.3 Å². The number of amides is 2. The minimum atomic E-state index is -0.860. The van der Waals surface area contributed by atoms with Gasteiger partial charge in [0.05, 0.1) is 37.7 Å². The van der Waals surface area contributed by atoms with Crippen LogP contribution in [0.25, 0.3) is 10.8 Å². The number of likely N-dealkylation sites (tertiary alicyclic amines) is 1. The summed E-state index contributed by atoms with van der Waals surface area (Å²) < 4.78 is 42.7. The lowest BCUT2D eigenvalue weighted by molar-refractivity contribution is -0.151. The van der Waals surface area contributed by atoms with Gasteiger partial charge in [-0.2, -0.15) is 0 Å². The van der Waals surface area contributed by atoms with E-state index in [1.807, 2.05) is 42.5 Å². The molecule has 0 bridgehead atoms. The summed E-state index contributed by atoms with van der Waals surface area (Å²) in [5.41, 5.74) is 0.245. The number of methoxy groups -OCH3 is 2. The predicted molar refractivity (Wildman–Crippen MR) is 182 cm³/mol. The van der Waals surface area contributed by atoms with Crippen molar-refractivity contribution in [1.29, 1.82) is 0 Å². The fourth-order valence-corrected chi connectivity index (χ4v) is 6.51. The molecule has 5 rings (SSSR count). The fourth-order valence-electron chi connectivity index (χ4n) is 6.51. The van der Waals surface area contributed by atoms with Gasteiger partial charge in [-0.1, -0.05) is 42.5 Å². The van der Waals surface area contributed by atoms with Crippen LogP contribution in [0.2, 0.25) is 0 Å². The molecule has 2 aliphatic rings. The van der Waals surface area contributed by atoms with Crippen LogP contribution in [0.4, 0.5) is 9.18 Å². The van der Waals surface area contributed by atoms with Crippen LogP contribution in [0, 0.1) is 17.7 Å². The summed E-state index contributed by atoms with van der Waals surface area (Å²) in [5, 5.41) is 4.98. The van der Waals surface area contributed by atoms with Gasteiger partial charge < -0.3 is 33.9 Å². The highest BCUT2D eigenvalue weighted by atomic mass is 19.1. The second-order valence-corrected chi connectivity index (χ2v) is 13.7. The largest absolute Gasteiger partial charge is 0.496 e. The van der Waals surface area contributed by atoms with E-state index >= 15 is 4.39 Å². The molecule has 1 saturated carbocycles. The molecule has 1 aliphatic heterocycles. The maximum Gasteiger partial charge on any atom is 0.410 e. The van der Waals surface area contributed by atoms with E-state index in [9.17, 15) is 19.2 Å². The monoisotopic (exact) mass is 692 g/mol. The van der Waals surface area contributed by atoms with Gasteiger partial charge in [-0.3, -0.25) is 14.4 Å². The smallest absolute Gasteiger partial charge is 0.410 e. The number of benzene rings is 3. The quantitative estimate of drug-likeness (QED) is 0.206. The summed E-state index contributed by atoms with van der Waals surface area (Å²) in [4.78, 5) is 53.4. The Kier molecular flexibility index (Phi) is 11.5. The molecular weight excluding hydrogens is 647 g/mol. The maximum absolute atomic E-state index is 15.2. The molecule has 0 spiro atoms. The first kappa shape index (κ1) is 36.4. The summed E-state index contributed by atoms with van der Waals surface area (Å²) in [6.07, 6.45) is 1.34. The SMILES string of the molecule is COC(=O)C1CN(C(=O)OC(C)(C)C)CCC1NC(=O)c1cc(OC2CCC(C(=O)OCc3cccc4ccccc34)CC2)c(F)cc1OC. The van der Waals surface area contributed by atoms with E-state index in [0.717, 1.165) is 22.4 Å². The van der Waals surface area contributed by atoms with Gasteiger partial charge in [-0.15, -0.1) is 0 Å². The lowest BCUT2D eigenvalue weighted by atomic mass is 9.87. The summed E-state index contributed by atoms with van der Waals surface area (Å²) in [6, 6.07) is 15.5. The third-order valence-electron chi connectivity index (χ3n) is 9.13. The van der Waals surface area contributed by atoms with Gasteiger partial charge >= 0.3 is 18.0 Å². The van der Waals surface area contributed by atoms with E-state index in [1.54, 1.807) is 20.8 Å². The minimum absolute atomic E-state index is 0.00851. The standard InChI is InChI=1S/C38H45FN2O9/c1-38(2,3)50-37(45)41-18-17-31(29(21-41)36(44)47-5)40-34(42)28-19-33(30(39)20-32(28)46-4)49-26-15-13-24(14-16-26)35(43)48-22-25-11-8-10-23-9-6-7-12-27(23)25/h6-12,19-20,24,26,29,31H,13-18,21-22H2,1-5H3,(H,40,42). The Morgan fingerprint density at radius 3 is 2.32 bits per heavy atom. The Balaban J connectivity index is 1.19. The average molecular weight is 693 g/mol. The number of esters is 2. The van der Waals surface area contributed by atoms with Crippen molar-refractivity contribution in [2.24, 2.45) is 11.8 Å². The van der Waals surface area contributed by atoms with E-state index in [1.165, 1.54) is 25.2 Å². The zero-order valence-electron chi connectivity index (χ0n) is 29.2. The van der Waals surface area contributed by atoms with Crippen molar-refractivity contribution in [1.82, 2.24) is 10.2 Å². The number of halogens is 1. The third-order valence-corrected chi connectivity index (χ3v) is 9.13. The molecule has 50 heavy (non-hydrogen) atoms. The summed E-state index contributed by atoms with van der Waals surface area (Å²) in [7, 11) is 2.56. The van der Waals surface area contributed by atoms with Crippen LogP contribution in [0.3, 0.4) is 0 Å². The van der Waals surface area contributed by atoms with E-state index in [-0.39, 0.29) is 61.2 Å². The number of fused-ring (bicyclic) bond motifs is 1. The second-order valence-electron chi connectivity index (χ2n) is 13.7. The van der Waals surface area contributed by atoms with E-state index in [0.29, 0.717) is 25.7 Å². The highest BCUT2D eigenvalue weighted by Gasteiger charge is 2.39. The first-order valence-corrected chi connectivity index (χ1v) is 16.9. The molecule has 0 radical (unpaired) electrons. The Morgan fingerprint density at radius 1 is 0.900 bits per heavy atom. The molecule has 1 aliphatic carbocycles. The molecule has 11 nitrogen and oxygen atoms in total. The molecule has 2 unspecified atom stereocenters. The highest BCUT2D eigenvalue weighted by Crippen LogP contribution is 2.34. The normalized spacial score (nSPS) is 20.8. The molecule has 2 atom stereocenters. The average Bonchev–Trinajstić information content (AvgIpc) is 3.10. The van der Waals surface area contributed by atoms with Crippen LogP contribution >= 0.6 is 0 Å². The number of ether oxygens (including phenoxy) is 5. The molecule has 2 amide bonds. The Morgan fingerprint density at radius 2 is 1.62 bits per heavy atom. The van der Waals surface area contributed by atoms with Crippen molar-refractivity contribution in [3.05, 3.63) is 71.5 Å². The van der Waals surface area contributed by atoms with Gasteiger partial charge in [0.1, 0.15) is 18.0 Å². The second kappa shape index (κ2) is 15.8. The molecule has 3 aromatic carbocycles. The van der Waals surface area contributed by atoms with Crippen LogP contribution in [-0.4, -0.2) is 73.9 Å². The number of rotatable bonds is 9. The Hall–Kier alpha value is -4.87. The van der Waals surface area contributed by atoms with Crippen molar-refractivity contribution >= 4 is 34.7 Å². The van der Waals surface area contributed by atoms with Gasteiger partial charge in [-0.05, 0) is 75.3 Å².